The Morgan fingerprint density at radius 2 is 2.00 bits per heavy atom. The topological polar surface area (TPSA) is 79.7 Å². The second-order valence-electron chi connectivity index (χ2n) is 7.01. The number of Topliss-reactive ketones (excluding diaryl/α,β-unsaturated/α-hetero) is 1. The van der Waals surface area contributed by atoms with Crippen molar-refractivity contribution in [3.63, 3.8) is 0 Å². The average Bonchev–Trinajstić information content (AvgIpc) is 3.01. The highest BCUT2D eigenvalue weighted by atomic mass is 16.5. The molecule has 1 aromatic heterocycles. The van der Waals surface area contributed by atoms with Crippen LogP contribution in [-0.4, -0.2) is 39.8 Å². The van der Waals surface area contributed by atoms with Crippen LogP contribution in [0.15, 0.2) is 54.4 Å². The molecule has 1 saturated heterocycles. The molecular formula is C23H26N2O4. The SMILES string of the molecule is CCCCN1C(=O)C(=O)/C(=C(\O)c2cccc(OCCC)c2)C1c1cccnc1. The number of benzene rings is 1. The van der Waals surface area contributed by atoms with Gasteiger partial charge < -0.3 is 14.7 Å². The van der Waals surface area contributed by atoms with Gasteiger partial charge in [0.25, 0.3) is 11.7 Å². The Labute approximate surface area is 170 Å². The molecule has 0 radical (unpaired) electrons. The number of ether oxygens (including phenoxy) is 1. The van der Waals surface area contributed by atoms with Gasteiger partial charge in [-0.15, -0.1) is 0 Å². The van der Waals surface area contributed by atoms with Crippen LogP contribution in [0.4, 0.5) is 0 Å². The molecule has 0 saturated carbocycles. The first-order valence-corrected chi connectivity index (χ1v) is 10.00. The number of aliphatic hydroxyl groups is 1. The largest absolute Gasteiger partial charge is 0.507 e. The molecule has 0 spiro atoms. The fraction of sp³-hybridized carbons (Fsp3) is 0.348. The molecular weight excluding hydrogens is 368 g/mol. The van der Waals surface area contributed by atoms with E-state index in [0.717, 1.165) is 19.3 Å². The summed E-state index contributed by atoms with van der Waals surface area (Å²) in [6.45, 7) is 5.03. The Morgan fingerprint density at radius 3 is 2.69 bits per heavy atom. The van der Waals surface area contributed by atoms with Crippen LogP contribution in [0.1, 0.15) is 50.3 Å². The first-order valence-electron chi connectivity index (χ1n) is 10.00. The van der Waals surface area contributed by atoms with E-state index in [9.17, 15) is 14.7 Å². The van der Waals surface area contributed by atoms with Gasteiger partial charge in [0.1, 0.15) is 11.5 Å². The van der Waals surface area contributed by atoms with Gasteiger partial charge in [-0.3, -0.25) is 14.6 Å². The summed E-state index contributed by atoms with van der Waals surface area (Å²) in [6.07, 6.45) is 5.78. The van der Waals surface area contributed by atoms with Crippen LogP contribution in [0, 0.1) is 0 Å². The monoisotopic (exact) mass is 394 g/mol. The number of ketones is 1. The molecule has 2 heterocycles. The van der Waals surface area contributed by atoms with Crippen LogP contribution in [0.5, 0.6) is 5.75 Å². The minimum Gasteiger partial charge on any atom is -0.507 e. The number of nitrogens with zero attached hydrogens (tertiary/aromatic N) is 2. The molecule has 152 valence electrons. The van der Waals surface area contributed by atoms with Crippen molar-refractivity contribution in [3.8, 4) is 5.75 Å². The highest BCUT2D eigenvalue weighted by Gasteiger charge is 2.45. The van der Waals surface area contributed by atoms with E-state index >= 15 is 0 Å². The van der Waals surface area contributed by atoms with E-state index in [1.807, 2.05) is 19.9 Å². The quantitative estimate of drug-likeness (QED) is 0.414. The van der Waals surface area contributed by atoms with Crippen LogP contribution < -0.4 is 4.74 Å². The zero-order valence-electron chi connectivity index (χ0n) is 16.8. The molecule has 29 heavy (non-hydrogen) atoms. The summed E-state index contributed by atoms with van der Waals surface area (Å²) < 4.78 is 5.64. The van der Waals surface area contributed by atoms with E-state index in [0.29, 0.717) is 30.0 Å². The van der Waals surface area contributed by atoms with Crippen molar-refractivity contribution in [3.05, 3.63) is 65.5 Å². The third-order valence-electron chi connectivity index (χ3n) is 4.87. The molecule has 1 fully saturated rings. The molecule has 1 unspecified atom stereocenters. The summed E-state index contributed by atoms with van der Waals surface area (Å²) in [5.74, 6) is -0.855. The molecule has 6 nitrogen and oxygen atoms in total. The molecule has 3 rings (SSSR count). The van der Waals surface area contributed by atoms with Crippen LogP contribution in [0.25, 0.3) is 5.76 Å². The molecule has 1 aliphatic heterocycles. The normalized spacial score (nSPS) is 18.3. The number of carbonyl (C=O) groups excluding carboxylic acids is 2. The zero-order valence-corrected chi connectivity index (χ0v) is 16.8. The number of hydrogen-bond donors (Lipinski definition) is 1. The third kappa shape index (κ3) is 4.31. The standard InChI is InChI=1S/C23H26N2O4/c1-3-5-12-25-20(17-9-7-11-24-15-17)19(22(27)23(25)28)21(26)16-8-6-10-18(14-16)29-13-4-2/h6-11,14-15,20,26H,3-5,12-13H2,1-2H3/b21-19-. The fourth-order valence-electron chi connectivity index (χ4n) is 3.43. The van der Waals surface area contributed by atoms with Gasteiger partial charge in [0.2, 0.25) is 0 Å². The van der Waals surface area contributed by atoms with Crippen molar-refractivity contribution < 1.29 is 19.4 Å². The maximum atomic E-state index is 12.9. The second kappa shape index (κ2) is 9.37. The lowest BCUT2D eigenvalue weighted by Crippen LogP contribution is -2.30. The van der Waals surface area contributed by atoms with E-state index in [-0.39, 0.29) is 11.3 Å². The third-order valence-corrected chi connectivity index (χ3v) is 4.87. The van der Waals surface area contributed by atoms with Gasteiger partial charge in [-0.25, -0.2) is 0 Å². The molecule has 0 bridgehead atoms. The van der Waals surface area contributed by atoms with Crippen molar-refractivity contribution in [2.75, 3.05) is 13.2 Å². The Bertz CT molecular complexity index is 908. The number of amides is 1. The number of hydrogen-bond acceptors (Lipinski definition) is 5. The van der Waals surface area contributed by atoms with Crippen LogP contribution in [0.3, 0.4) is 0 Å². The second-order valence-corrected chi connectivity index (χ2v) is 7.01. The Kier molecular flexibility index (Phi) is 6.65. The highest BCUT2D eigenvalue weighted by molar-refractivity contribution is 6.46. The lowest BCUT2D eigenvalue weighted by molar-refractivity contribution is -0.139. The smallest absolute Gasteiger partial charge is 0.295 e. The summed E-state index contributed by atoms with van der Waals surface area (Å²) in [6, 6.07) is 9.86. The van der Waals surface area contributed by atoms with Gasteiger partial charge in [0.15, 0.2) is 0 Å². The van der Waals surface area contributed by atoms with Crippen LogP contribution in [-0.2, 0) is 9.59 Å². The maximum absolute atomic E-state index is 12.9. The number of carbonyl (C=O) groups is 2. The molecule has 1 aliphatic rings. The van der Waals surface area contributed by atoms with Crippen molar-refractivity contribution in [2.45, 2.75) is 39.2 Å². The first-order chi connectivity index (χ1) is 14.1. The molecule has 1 atom stereocenters. The lowest BCUT2D eigenvalue weighted by atomic mass is 9.96. The van der Waals surface area contributed by atoms with Crippen molar-refractivity contribution in [2.24, 2.45) is 0 Å². The number of rotatable bonds is 8. The predicted molar refractivity (Wildman–Crippen MR) is 110 cm³/mol. The van der Waals surface area contributed by atoms with Crippen molar-refractivity contribution in [1.29, 1.82) is 0 Å². The van der Waals surface area contributed by atoms with Gasteiger partial charge in [-0.1, -0.05) is 38.5 Å². The Morgan fingerprint density at radius 1 is 1.17 bits per heavy atom. The summed E-state index contributed by atoms with van der Waals surface area (Å²) >= 11 is 0. The minimum absolute atomic E-state index is 0.0896. The summed E-state index contributed by atoms with van der Waals surface area (Å²) in [5, 5.41) is 11.0. The molecule has 6 heteroatoms. The van der Waals surface area contributed by atoms with E-state index in [2.05, 4.69) is 4.98 Å². The molecule has 1 amide bonds. The van der Waals surface area contributed by atoms with E-state index in [1.54, 1.807) is 42.7 Å². The van der Waals surface area contributed by atoms with Gasteiger partial charge in [-0.05, 0) is 36.6 Å². The summed E-state index contributed by atoms with van der Waals surface area (Å²) in [5.41, 5.74) is 1.23. The van der Waals surface area contributed by atoms with Crippen LogP contribution >= 0.6 is 0 Å². The number of likely N-dealkylation sites (tertiary alicyclic amines) is 1. The summed E-state index contributed by atoms with van der Waals surface area (Å²) in [7, 11) is 0. The lowest BCUT2D eigenvalue weighted by Gasteiger charge is -2.24. The number of aliphatic hydroxyl groups excluding tert-OH is 1. The number of pyridine rings is 1. The molecule has 1 N–H and O–H groups in total. The Balaban J connectivity index is 2.08. The van der Waals surface area contributed by atoms with Crippen molar-refractivity contribution >= 4 is 17.4 Å². The maximum Gasteiger partial charge on any atom is 0.295 e. The fourth-order valence-corrected chi connectivity index (χ4v) is 3.43. The van der Waals surface area contributed by atoms with Gasteiger partial charge in [-0.2, -0.15) is 0 Å². The molecule has 1 aromatic carbocycles. The van der Waals surface area contributed by atoms with E-state index in [1.165, 1.54) is 4.90 Å². The number of unbranched alkanes of at least 4 members (excludes halogenated alkanes) is 1. The van der Waals surface area contributed by atoms with E-state index in [4.69, 9.17) is 4.74 Å². The number of aromatic nitrogens is 1. The Hall–Kier alpha value is -3.15. The van der Waals surface area contributed by atoms with E-state index < -0.39 is 17.7 Å². The molecule has 2 aromatic rings. The van der Waals surface area contributed by atoms with Gasteiger partial charge in [0, 0.05) is 24.5 Å². The van der Waals surface area contributed by atoms with Gasteiger partial charge in [0.05, 0.1) is 18.2 Å². The average molecular weight is 394 g/mol. The van der Waals surface area contributed by atoms with Crippen LogP contribution in [0.2, 0.25) is 0 Å². The highest BCUT2D eigenvalue weighted by Crippen LogP contribution is 2.39. The zero-order chi connectivity index (χ0) is 20.8. The van der Waals surface area contributed by atoms with Crippen molar-refractivity contribution in [1.82, 2.24) is 9.88 Å². The molecule has 0 aliphatic carbocycles. The minimum atomic E-state index is -0.674. The first kappa shape index (κ1) is 20.6. The van der Waals surface area contributed by atoms with Gasteiger partial charge >= 0.3 is 0 Å². The predicted octanol–water partition coefficient (Wildman–Crippen LogP) is 4.09. The summed E-state index contributed by atoms with van der Waals surface area (Å²) in [4.78, 5) is 31.3.